The summed E-state index contributed by atoms with van der Waals surface area (Å²) in [5.41, 5.74) is 0. The van der Waals surface area contributed by atoms with E-state index in [4.69, 9.17) is 16.7 Å². The lowest BCUT2D eigenvalue weighted by molar-refractivity contribution is -0.137. The number of carbonyl (C=O) groups is 1. The highest BCUT2D eigenvalue weighted by molar-refractivity contribution is 6.21. The highest BCUT2D eigenvalue weighted by atomic mass is 35.5. The molecule has 0 amide bonds. The van der Waals surface area contributed by atoms with E-state index in [-0.39, 0.29) is 35.7 Å². The Balaban J connectivity index is 2.56. The van der Waals surface area contributed by atoms with Crippen molar-refractivity contribution in [3.63, 3.8) is 0 Å². The average molecular weight is 398 g/mol. The quantitative estimate of drug-likeness (QED) is 0.262. The fourth-order valence-electron chi connectivity index (χ4n) is 3.55. The number of nitrogens with zero attached hydrogens (tertiary/aromatic N) is 1. The van der Waals surface area contributed by atoms with E-state index in [9.17, 15) is 20.3 Å². The topological polar surface area (TPSA) is 102 Å². The third-order valence-electron chi connectivity index (χ3n) is 5.08. The number of allylic oxidation sites excluding steroid dienone is 3. The van der Waals surface area contributed by atoms with Crippen molar-refractivity contribution in [1.29, 1.82) is 5.26 Å². The van der Waals surface area contributed by atoms with Crippen LogP contribution in [0.2, 0.25) is 0 Å². The van der Waals surface area contributed by atoms with Gasteiger partial charge >= 0.3 is 5.97 Å². The summed E-state index contributed by atoms with van der Waals surface area (Å²) in [6, 6.07) is 2.34. The Bertz CT molecular complexity index is 541. The van der Waals surface area contributed by atoms with Crippen LogP contribution in [0, 0.1) is 29.1 Å². The number of nitriles is 1. The Morgan fingerprint density at radius 2 is 2.04 bits per heavy atom. The van der Waals surface area contributed by atoms with E-state index in [1.807, 2.05) is 18.2 Å². The van der Waals surface area contributed by atoms with Crippen molar-refractivity contribution >= 4 is 17.6 Å². The number of aliphatic hydroxyl groups is 2. The summed E-state index contributed by atoms with van der Waals surface area (Å²) in [6.45, 7) is 1.73. The lowest BCUT2D eigenvalue weighted by Gasteiger charge is -2.19. The van der Waals surface area contributed by atoms with Gasteiger partial charge in [0.15, 0.2) is 0 Å². The minimum Gasteiger partial charge on any atom is -0.481 e. The molecule has 0 heterocycles. The molecule has 1 fully saturated rings. The number of carboxylic acids is 1. The van der Waals surface area contributed by atoms with E-state index in [1.165, 1.54) is 0 Å². The Labute approximate surface area is 167 Å². The molecule has 1 aliphatic carbocycles. The van der Waals surface area contributed by atoms with E-state index >= 15 is 0 Å². The van der Waals surface area contributed by atoms with Gasteiger partial charge in [-0.2, -0.15) is 5.26 Å². The molecule has 6 heteroatoms. The number of halogens is 1. The van der Waals surface area contributed by atoms with Gasteiger partial charge in [0.1, 0.15) is 0 Å². The largest absolute Gasteiger partial charge is 0.481 e. The minimum absolute atomic E-state index is 0.00702. The standard InChI is InChI=1S/C21H32ClNO4/c1-15(24)7-6-8-17(25)11-12-18-16(14-23)13-20(22)19(18)9-4-2-3-5-10-21(26)27/h2,4,11-12,15-20,24-25H,3,5-10,13H2,1H3,(H,26,27)/b4-2-,12-11+/t15-,16+,17+,18+,19-,20-/m1/s1. The van der Waals surface area contributed by atoms with Crippen molar-refractivity contribution < 1.29 is 20.1 Å². The lowest BCUT2D eigenvalue weighted by Crippen LogP contribution is -2.16. The molecule has 0 aromatic heterocycles. The molecule has 1 rings (SSSR count). The van der Waals surface area contributed by atoms with Gasteiger partial charge in [0.2, 0.25) is 0 Å². The molecule has 0 radical (unpaired) electrons. The highest BCUT2D eigenvalue weighted by Crippen LogP contribution is 2.43. The maximum atomic E-state index is 10.5. The zero-order valence-corrected chi connectivity index (χ0v) is 16.8. The van der Waals surface area contributed by atoms with Crippen LogP contribution in [0.5, 0.6) is 0 Å². The predicted molar refractivity (Wildman–Crippen MR) is 106 cm³/mol. The molecule has 0 aliphatic heterocycles. The van der Waals surface area contributed by atoms with Crippen molar-refractivity contribution in [2.45, 2.75) is 75.9 Å². The number of rotatable bonds is 12. The van der Waals surface area contributed by atoms with Crippen LogP contribution in [-0.2, 0) is 4.79 Å². The second-order valence-electron chi connectivity index (χ2n) is 7.45. The summed E-state index contributed by atoms with van der Waals surface area (Å²) < 4.78 is 0. The Hall–Kier alpha value is -1.35. The van der Waals surface area contributed by atoms with Gasteiger partial charge in [0, 0.05) is 11.8 Å². The van der Waals surface area contributed by atoms with Crippen LogP contribution in [0.1, 0.15) is 58.3 Å². The third-order valence-corrected chi connectivity index (χ3v) is 5.58. The monoisotopic (exact) mass is 397 g/mol. The van der Waals surface area contributed by atoms with Crippen molar-refractivity contribution in [1.82, 2.24) is 0 Å². The van der Waals surface area contributed by atoms with Gasteiger partial charge in [-0.1, -0.05) is 24.3 Å². The molecular weight excluding hydrogens is 366 g/mol. The molecule has 3 N–H and O–H groups in total. The summed E-state index contributed by atoms with van der Waals surface area (Å²) >= 11 is 6.47. The molecule has 1 aliphatic rings. The average Bonchev–Trinajstić information content (AvgIpc) is 2.90. The molecule has 0 spiro atoms. The number of unbranched alkanes of at least 4 members (excludes halogenated alkanes) is 1. The van der Waals surface area contributed by atoms with Crippen LogP contribution in [0.25, 0.3) is 0 Å². The maximum Gasteiger partial charge on any atom is 0.303 e. The van der Waals surface area contributed by atoms with E-state index in [1.54, 1.807) is 13.0 Å². The summed E-state index contributed by atoms with van der Waals surface area (Å²) in [5.74, 6) is -0.798. The first-order chi connectivity index (χ1) is 12.8. The zero-order chi connectivity index (χ0) is 20.2. The first-order valence-corrected chi connectivity index (χ1v) is 10.2. The highest BCUT2D eigenvalue weighted by Gasteiger charge is 2.40. The predicted octanol–water partition coefficient (Wildman–Crippen LogP) is 4.04. The number of aliphatic hydroxyl groups excluding tert-OH is 2. The van der Waals surface area contributed by atoms with Crippen molar-refractivity contribution in [2.75, 3.05) is 0 Å². The Morgan fingerprint density at radius 3 is 2.67 bits per heavy atom. The van der Waals surface area contributed by atoms with Crippen LogP contribution in [-0.4, -0.2) is 38.9 Å². The molecule has 0 unspecified atom stereocenters. The second-order valence-corrected chi connectivity index (χ2v) is 8.01. The molecule has 0 aromatic rings. The van der Waals surface area contributed by atoms with Gasteiger partial charge in [-0.25, -0.2) is 0 Å². The molecule has 5 nitrogen and oxygen atoms in total. The number of aliphatic carboxylic acids is 1. The van der Waals surface area contributed by atoms with Crippen LogP contribution < -0.4 is 0 Å². The van der Waals surface area contributed by atoms with Gasteiger partial charge in [0.05, 0.1) is 24.2 Å². The van der Waals surface area contributed by atoms with E-state index < -0.39 is 12.1 Å². The number of hydrogen-bond acceptors (Lipinski definition) is 4. The summed E-state index contributed by atoms with van der Waals surface area (Å²) in [4.78, 5) is 10.5. The van der Waals surface area contributed by atoms with E-state index in [0.717, 1.165) is 19.3 Å². The molecular formula is C21H32ClNO4. The number of carboxylic acid groups (broad SMARTS) is 1. The van der Waals surface area contributed by atoms with Gasteiger partial charge in [0.25, 0.3) is 0 Å². The molecule has 0 saturated heterocycles. The Kier molecular flexibility index (Phi) is 11.3. The fourth-order valence-corrected chi connectivity index (χ4v) is 4.01. The first kappa shape index (κ1) is 23.7. The van der Waals surface area contributed by atoms with Gasteiger partial charge in [-0.15, -0.1) is 11.6 Å². The number of hydrogen-bond donors (Lipinski definition) is 3. The summed E-state index contributed by atoms with van der Waals surface area (Å²) in [5, 5.41) is 37.4. The molecule has 152 valence electrons. The molecule has 0 bridgehead atoms. The van der Waals surface area contributed by atoms with Gasteiger partial charge in [-0.3, -0.25) is 4.79 Å². The van der Waals surface area contributed by atoms with Crippen LogP contribution in [0.3, 0.4) is 0 Å². The van der Waals surface area contributed by atoms with Crippen LogP contribution >= 0.6 is 11.6 Å². The van der Waals surface area contributed by atoms with Crippen LogP contribution in [0.4, 0.5) is 0 Å². The molecule has 27 heavy (non-hydrogen) atoms. The molecule has 0 aromatic carbocycles. The number of alkyl halides is 1. The van der Waals surface area contributed by atoms with E-state index in [0.29, 0.717) is 25.7 Å². The van der Waals surface area contributed by atoms with E-state index in [2.05, 4.69) is 6.07 Å². The van der Waals surface area contributed by atoms with Crippen molar-refractivity contribution in [3.8, 4) is 6.07 Å². The minimum atomic E-state index is -0.783. The molecule has 1 saturated carbocycles. The molecule has 6 atom stereocenters. The maximum absolute atomic E-state index is 10.5. The smallest absolute Gasteiger partial charge is 0.303 e. The van der Waals surface area contributed by atoms with Gasteiger partial charge in [-0.05, 0) is 63.7 Å². The Morgan fingerprint density at radius 1 is 1.30 bits per heavy atom. The zero-order valence-electron chi connectivity index (χ0n) is 16.0. The van der Waals surface area contributed by atoms with Crippen LogP contribution in [0.15, 0.2) is 24.3 Å². The summed E-state index contributed by atoms with van der Waals surface area (Å²) in [7, 11) is 0. The fraction of sp³-hybridized carbons (Fsp3) is 0.714. The van der Waals surface area contributed by atoms with Gasteiger partial charge < -0.3 is 15.3 Å². The first-order valence-electron chi connectivity index (χ1n) is 9.80. The second kappa shape index (κ2) is 12.9. The lowest BCUT2D eigenvalue weighted by atomic mass is 9.87. The van der Waals surface area contributed by atoms with Crippen molar-refractivity contribution in [3.05, 3.63) is 24.3 Å². The normalized spacial score (nSPS) is 27.8. The third kappa shape index (κ3) is 9.41. The van der Waals surface area contributed by atoms with Crippen molar-refractivity contribution in [2.24, 2.45) is 17.8 Å². The SMILES string of the molecule is C[C@@H](O)CCC[C@H](O)/C=C/[C@@H]1[C@@H](C/C=C\CCCC(=O)O)[C@H](Cl)C[C@H]1C#N. The summed E-state index contributed by atoms with van der Waals surface area (Å²) in [6.07, 6.45) is 11.7.